The first-order valence-electron chi connectivity index (χ1n) is 6.33. The summed E-state index contributed by atoms with van der Waals surface area (Å²) < 4.78 is 28.8. The zero-order chi connectivity index (χ0) is 15.5. The number of nitrogens with zero attached hydrogens (tertiary/aromatic N) is 2. The summed E-state index contributed by atoms with van der Waals surface area (Å²) in [4.78, 5) is 0.0767. The van der Waals surface area contributed by atoms with Gasteiger partial charge in [-0.2, -0.15) is 5.10 Å². The number of sulfonamides is 1. The van der Waals surface area contributed by atoms with Gasteiger partial charge in [0.2, 0.25) is 10.0 Å². The lowest BCUT2D eigenvalue weighted by Crippen LogP contribution is -2.24. The third kappa shape index (κ3) is 4.04. The van der Waals surface area contributed by atoms with E-state index < -0.39 is 10.0 Å². The summed E-state index contributed by atoms with van der Waals surface area (Å²) in [5.41, 5.74) is 1.49. The average molecular weight is 329 g/mol. The molecule has 0 aliphatic carbocycles. The Balaban J connectivity index is 2.20. The van der Waals surface area contributed by atoms with Crippen LogP contribution in [0.5, 0.6) is 0 Å². The van der Waals surface area contributed by atoms with Gasteiger partial charge in [0.15, 0.2) is 0 Å². The van der Waals surface area contributed by atoms with Gasteiger partial charge >= 0.3 is 0 Å². The van der Waals surface area contributed by atoms with Gasteiger partial charge in [-0.25, -0.2) is 13.1 Å². The number of aryl methyl sites for hydroxylation is 1. The maximum atomic E-state index is 12.3. The highest BCUT2D eigenvalue weighted by atomic mass is 35.5. The lowest BCUT2D eigenvalue weighted by molar-refractivity contribution is 0.579. The second kappa shape index (κ2) is 6.57. The van der Waals surface area contributed by atoms with Crippen molar-refractivity contribution in [2.75, 3.05) is 7.05 Å². The maximum Gasteiger partial charge on any atom is 0.242 e. The first-order chi connectivity index (χ1) is 9.92. The molecule has 0 saturated heterocycles. The molecular formula is C13H17ClN4O2S. The van der Waals surface area contributed by atoms with Crippen LogP contribution in [0, 0.1) is 0 Å². The van der Waals surface area contributed by atoms with E-state index >= 15 is 0 Å². The van der Waals surface area contributed by atoms with Crippen LogP contribution in [-0.4, -0.2) is 25.2 Å². The molecule has 0 radical (unpaired) electrons. The third-order valence-electron chi connectivity index (χ3n) is 2.88. The molecule has 21 heavy (non-hydrogen) atoms. The van der Waals surface area contributed by atoms with Gasteiger partial charge in [0, 0.05) is 19.8 Å². The standard InChI is InChI=1S/C13H17ClN4O2S/c1-15-8-10-3-4-12(14)13(7-10)21(19,20)16-9-11-5-6-18(2)17-11/h3-7,15-16H,8-9H2,1-2H3. The van der Waals surface area contributed by atoms with Gasteiger partial charge in [-0.3, -0.25) is 4.68 Å². The summed E-state index contributed by atoms with van der Waals surface area (Å²) in [6.07, 6.45) is 1.75. The summed E-state index contributed by atoms with van der Waals surface area (Å²) in [6.45, 7) is 0.690. The molecule has 2 rings (SSSR count). The van der Waals surface area contributed by atoms with Crippen LogP contribution in [0.3, 0.4) is 0 Å². The van der Waals surface area contributed by atoms with E-state index in [1.165, 1.54) is 0 Å². The normalized spacial score (nSPS) is 11.8. The number of hydrogen-bond acceptors (Lipinski definition) is 4. The molecule has 0 amide bonds. The number of aromatic nitrogens is 2. The minimum atomic E-state index is -3.68. The number of halogens is 1. The predicted molar refractivity (Wildman–Crippen MR) is 81.4 cm³/mol. The van der Waals surface area contributed by atoms with Crippen molar-refractivity contribution in [3.05, 3.63) is 46.7 Å². The SMILES string of the molecule is CNCc1ccc(Cl)c(S(=O)(=O)NCc2ccn(C)n2)c1. The second-order valence-electron chi connectivity index (χ2n) is 4.60. The van der Waals surface area contributed by atoms with Crippen LogP contribution in [0.15, 0.2) is 35.4 Å². The zero-order valence-corrected chi connectivity index (χ0v) is 13.4. The fourth-order valence-electron chi connectivity index (χ4n) is 1.87. The smallest absolute Gasteiger partial charge is 0.242 e. The summed E-state index contributed by atoms with van der Waals surface area (Å²) in [7, 11) is -0.112. The minimum Gasteiger partial charge on any atom is -0.316 e. The highest BCUT2D eigenvalue weighted by Gasteiger charge is 2.18. The Morgan fingerprint density at radius 3 is 2.67 bits per heavy atom. The fourth-order valence-corrected chi connectivity index (χ4v) is 3.42. The van der Waals surface area contributed by atoms with Gasteiger partial charge in [0.25, 0.3) is 0 Å². The molecule has 0 aliphatic heterocycles. The van der Waals surface area contributed by atoms with Gasteiger partial charge in [0.05, 0.1) is 17.3 Å². The van der Waals surface area contributed by atoms with Crippen molar-refractivity contribution < 1.29 is 8.42 Å². The van der Waals surface area contributed by atoms with Crippen LogP contribution in [-0.2, 0) is 30.2 Å². The number of nitrogens with one attached hydrogen (secondary N) is 2. The van der Waals surface area contributed by atoms with Crippen molar-refractivity contribution in [1.29, 1.82) is 0 Å². The number of benzene rings is 1. The van der Waals surface area contributed by atoms with E-state index in [1.54, 1.807) is 49.2 Å². The number of rotatable bonds is 6. The van der Waals surface area contributed by atoms with Crippen molar-refractivity contribution in [2.45, 2.75) is 18.0 Å². The molecular weight excluding hydrogens is 312 g/mol. The van der Waals surface area contributed by atoms with Crippen LogP contribution in [0.1, 0.15) is 11.3 Å². The molecule has 0 saturated carbocycles. The number of hydrogen-bond donors (Lipinski definition) is 2. The summed E-state index contributed by atoms with van der Waals surface area (Å²) >= 11 is 6.01. The zero-order valence-electron chi connectivity index (χ0n) is 11.8. The van der Waals surface area contributed by atoms with Crippen LogP contribution in [0.25, 0.3) is 0 Å². The fraction of sp³-hybridized carbons (Fsp3) is 0.308. The topological polar surface area (TPSA) is 76.0 Å². The molecule has 114 valence electrons. The van der Waals surface area contributed by atoms with Crippen molar-refractivity contribution in [3.63, 3.8) is 0 Å². The molecule has 2 N–H and O–H groups in total. The van der Waals surface area contributed by atoms with Crippen LogP contribution >= 0.6 is 11.6 Å². The Morgan fingerprint density at radius 2 is 2.05 bits per heavy atom. The molecule has 0 fully saturated rings. The highest BCUT2D eigenvalue weighted by Crippen LogP contribution is 2.22. The molecule has 0 atom stereocenters. The van der Waals surface area contributed by atoms with E-state index in [1.807, 2.05) is 0 Å². The van der Waals surface area contributed by atoms with Crippen LogP contribution in [0.2, 0.25) is 5.02 Å². The van der Waals surface area contributed by atoms with E-state index in [0.717, 1.165) is 5.56 Å². The molecule has 6 nitrogen and oxygen atoms in total. The Bertz CT molecular complexity index is 728. The molecule has 1 aromatic heterocycles. The lowest BCUT2D eigenvalue weighted by atomic mass is 10.2. The minimum absolute atomic E-state index is 0.0767. The molecule has 0 aliphatic rings. The Hall–Kier alpha value is -1.41. The predicted octanol–water partition coefficient (Wildman–Crippen LogP) is 1.27. The van der Waals surface area contributed by atoms with E-state index in [9.17, 15) is 8.42 Å². The lowest BCUT2D eigenvalue weighted by Gasteiger charge is -2.09. The van der Waals surface area contributed by atoms with Gasteiger partial charge in [0.1, 0.15) is 4.90 Å². The monoisotopic (exact) mass is 328 g/mol. The van der Waals surface area contributed by atoms with Gasteiger partial charge < -0.3 is 5.32 Å². The molecule has 0 spiro atoms. The summed E-state index contributed by atoms with van der Waals surface area (Å²) in [5, 5.41) is 7.29. The third-order valence-corrected chi connectivity index (χ3v) is 4.76. The van der Waals surface area contributed by atoms with Gasteiger partial charge in [-0.05, 0) is 30.8 Å². The molecule has 0 unspecified atom stereocenters. The van der Waals surface area contributed by atoms with Gasteiger partial charge in [-0.15, -0.1) is 0 Å². The van der Waals surface area contributed by atoms with Crippen LogP contribution in [0.4, 0.5) is 0 Å². The molecule has 0 bridgehead atoms. The van der Waals surface area contributed by atoms with Crippen molar-refractivity contribution in [2.24, 2.45) is 7.05 Å². The molecule has 8 heteroatoms. The first-order valence-corrected chi connectivity index (χ1v) is 8.19. The second-order valence-corrected chi connectivity index (χ2v) is 6.74. The average Bonchev–Trinajstić information content (AvgIpc) is 2.85. The molecule has 1 aromatic carbocycles. The van der Waals surface area contributed by atoms with E-state index in [4.69, 9.17) is 11.6 Å². The summed E-state index contributed by atoms with van der Waals surface area (Å²) in [5.74, 6) is 0. The van der Waals surface area contributed by atoms with E-state index in [0.29, 0.717) is 12.2 Å². The van der Waals surface area contributed by atoms with E-state index in [-0.39, 0.29) is 16.5 Å². The van der Waals surface area contributed by atoms with Crippen molar-refractivity contribution in [3.8, 4) is 0 Å². The largest absolute Gasteiger partial charge is 0.316 e. The van der Waals surface area contributed by atoms with E-state index in [2.05, 4.69) is 15.1 Å². The highest BCUT2D eigenvalue weighted by molar-refractivity contribution is 7.89. The van der Waals surface area contributed by atoms with Crippen LogP contribution < -0.4 is 10.0 Å². The molecule has 1 heterocycles. The maximum absolute atomic E-state index is 12.3. The summed E-state index contributed by atoms with van der Waals surface area (Å²) in [6, 6.07) is 6.70. The van der Waals surface area contributed by atoms with Crippen molar-refractivity contribution >= 4 is 21.6 Å². The van der Waals surface area contributed by atoms with Gasteiger partial charge in [-0.1, -0.05) is 17.7 Å². The Labute approximate surface area is 129 Å². The Kier molecular flexibility index (Phi) is 5.00. The molecule has 2 aromatic rings. The van der Waals surface area contributed by atoms with Crippen molar-refractivity contribution in [1.82, 2.24) is 19.8 Å². The quantitative estimate of drug-likeness (QED) is 0.837. The first kappa shape index (κ1) is 16.0. The Morgan fingerprint density at radius 1 is 1.29 bits per heavy atom.